The molecule has 1 aromatic heterocycles. The van der Waals surface area contributed by atoms with E-state index in [1.807, 2.05) is 0 Å². The van der Waals surface area contributed by atoms with Crippen molar-refractivity contribution in [1.82, 2.24) is 9.88 Å². The number of hydrogen-bond donors (Lipinski definition) is 0. The van der Waals surface area contributed by atoms with Crippen LogP contribution < -0.4 is 0 Å². The minimum atomic E-state index is -0.650. The molecule has 1 amide bonds. The lowest BCUT2D eigenvalue weighted by molar-refractivity contribution is 0.0696. The fourth-order valence-electron chi connectivity index (χ4n) is 1.93. The minimum absolute atomic E-state index is 0.167. The van der Waals surface area contributed by atoms with E-state index in [4.69, 9.17) is 11.6 Å². The molecule has 2 rings (SSSR count). The van der Waals surface area contributed by atoms with Crippen molar-refractivity contribution in [2.75, 3.05) is 13.1 Å². The molecule has 1 aliphatic heterocycles. The van der Waals surface area contributed by atoms with Crippen molar-refractivity contribution in [2.45, 2.75) is 19.8 Å². The Morgan fingerprint density at radius 2 is 2.18 bits per heavy atom. The summed E-state index contributed by atoms with van der Waals surface area (Å²) < 4.78 is 13.2. The van der Waals surface area contributed by atoms with Gasteiger partial charge in [0.15, 0.2) is 11.0 Å². The molecule has 0 saturated carbocycles. The molecule has 17 heavy (non-hydrogen) atoms. The first-order valence-electron chi connectivity index (χ1n) is 5.68. The number of piperidine rings is 1. The third-order valence-corrected chi connectivity index (χ3v) is 3.39. The lowest BCUT2D eigenvalue weighted by Crippen LogP contribution is -2.38. The first-order valence-corrected chi connectivity index (χ1v) is 6.06. The Morgan fingerprint density at radius 3 is 2.76 bits per heavy atom. The maximum atomic E-state index is 13.2. The number of hydrogen-bond acceptors (Lipinski definition) is 2. The Morgan fingerprint density at radius 1 is 1.53 bits per heavy atom. The maximum Gasteiger partial charge on any atom is 0.255 e. The summed E-state index contributed by atoms with van der Waals surface area (Å²) in [6, 6.07) is 1.15. The maximum absolute atomic E-state index is 13.2. The van der Waals surface area contributed by atoms with Crippen LogP contribution in [0.3, 0.4) is 0 Å². The van der Waals surface area contributed by atoms with Gasteiger partial charge in [0, 0.05) is 19.3 Å². The highest BCUT2D eigenvalue weighted by Crippen LogP contribution is 2.19. The van der Waals surface area contributed by atoms with E-state index in [0.717, 1.165) is 32.0 Å². The summed E-state index contributed by atoms with van der Waals surface area (Å²) in [4.78, 5) is 17.4. The monoisotopic (exact) mass is 256 g/mol. The third-order valence-electron chi connectivity index (χ3n) is 3.11. The Hall–Kier alpha value is -1.16. The number of nitrogens with zero attached hydrogens (tertiary/aromatic N) is 2. The summed E-state index contributed by atoms with van der Waals surface area (Å²) in [6.07, 6.45) is 3.32. The van der Waals surface area contributed by atoms with Crippen molar-refractivity contribution in [3.63, 3.8) is 0 Å². The quantitative estimate of drug-likeness (QED) is 0.724. The number of pyridine rings is 1. The van der Waals surface area contributed by atoms with Crippen LogP contribution in [0.1, 0.15) is 30.1 Å². The van der Waals surface area contributed by atoms with Gasteiger partial charge in [0.2, 0.25) is 0 Å². The number of aromatic nitrogens is 1. The van der Waals surface area contributed by atoms with Crippen molar-refractivity contribution in [3.05, 3.63) is 28.8 Å². The van der Waals surface area contributed by atoms with Crippen molar-refractivity contribution >= 4 is 17.5 Å². The summed E-state index contributed by atoms with van der Waals surface area (Å²) in [7, 11) is 0. The van der Waals surface area contributed by atoms with E-state index in [-0.39, 0.29) is 16.6 Å². The largest absolute Gasteiger partial charge is 0.339 e. The van der Waals surface area contributed by atoms with E-state index in [9.17, 15) is 9.18 Å². The van der Waals surface area contributed by atoms with E-state index < -0.39 is 5.82 Å². The van der Waals surface area contributed by atoms with Crippen LogP contribution >= 0.6 is 11.6 Å². The second-order valence-electron chi connectivity index (χ2n) is 4.47. The van der Waals surface area contributed by atoms with Gasteiger partial charge in [-0.2, -0.15) is 0 Å². The average Bonchev–Trinajstić information content (AvgIpc) is 2.33. The van der Waals surface area contributed by atoms with Gasteiger partial charge in [-0.15, -0.1) is 0 Å². The number of halogens is 2. The van der Waals surface area contributed by atoms with Gasteiger partial charge < -0.3 is 4.90 Å². The predicted octanol–water partition coefficient (Wildman–Crippen LogP) is 2.75. The highest BCUT2D eigenvalue weighted by molar-refractivity contribution is 6.29. The van der Waals surface area contributed by atoms with Gasteiger partial charge in [0.25, 0.3) is 5.91 Å². The second-order valence-corrected chi connectivity index (χ2v) is 4.83. The topological polar surface area (TPSA) is 33.2 Å². The molecule has 3 nitrogen and oxygen atoms in total. The molecule has 1 fully saturated rings. The van der Waals surface area contributed by atoms with Crippen LogP contribution in [-0.2, 0) is 0 Å². The summed E-state index contributed by atoms with van der Waals surface area (Å²) in [6.45, 7) is 3.62. The van der Waals surface area contributed by atoms with Crippen molar-refractivity contribution < 1.29 is 9.18 Å². The lowest BCUT2D eigenvalue weighted by atomic mass is 9.99. The van der Waals surface area contributed by atoms with Crippen LogP contribution in [0.4, 0.5) is 4.39 Å². The number of rotatable bonds is 1. The molecule has 0 unspecified atom stereocenters. The van der Waals surface area contributed by atoms with Gasteiger partial charge in [-0.25, -0.2) is 9.37 Å². The summed E-state index contributed by atoms with van der Waals surface area (Å²) >= 11 is 5.48. The molecule has 0 N–H and O–H groups in total. The molecule has 1 saturated heterocycles. The predicted molar refractivity (Wildman–Crippen MR) is 63.5 cm³/mol. The van der Waals surface area contributed by atoms with Gasteiger partial charge in [-0.3, -0.25) is 4.79 Å². The zero-order valence-electron chi connectivity index (χ0n) is 9.62. The minimum Gasteiger partial charge on any atom is -0.339 e. The molecule has 0 aromatic carbocycles. The molecule has 0 atom stereocenters. The van der Waals surface area contributed by atoms with Crippen molar-refractivity contribution in [1.29, 1.82) is 0 Å². The fraction of sp³-hybridized carbons (Fsp3) is 0.500. The number of carbonyl (C=O) groups excluding carboxylic acids is 1. The van der Waals surface area contributed by atoms with E-state index in [2.05, 4.69) is 11.9 Å². The number of amides is 1. The molecule has 1 aromatic rings. The second kappa shape index (κ2) is 5.00. The average molecular weight is 257 g/mol. The third kappa shape index (κ3) is 2.75. The van der Waals surface area contributed by atoms with Crippen LogP contribution in [0.2, 0.25) is 5.15 Å². The standard InChI is InChI=1S/C12H14ClFN2O/c1-8-2-4-16(5-3-8)12(17)9-6-10(14)11(13)15-7-9/h6-8H,2-5H2,1H3. The van der Waals surface area contributed by atoms with Gasteiger partial charge in [-0.1, -0.05) is 18.5 Å². The van der Waals surface area contributed by atoms with Crippen molar-refractivity contribution in [3.8, 4) is 0 Å². The smallest absolute Gasteiger partial charge is 0.255 e. The van der Waals surface area contributed by atoms with Gasteiger partial charge >= 0.3 is 0 Å². The molecule has 0 bridgehead atoms. The van der Waals surface area contributed by atoms with E-state index in [1.165, 1.54) is 6.20 Å². The fourth-order valence-corrected chi connectivity index (χ4v) is 2.04. The molecule has 5 heteroatoms. The molecule has 1 aliphatic rings. The normalized spacial score (nSPS) is 17.2. The lowest BCUT2D eigenvalue weighted by Gasteiger charge is -2.30. The zero-order chi connectivity index (χ0) is 12.4. The van der Waals surface area contributed by atoms with Crippen LogP contribution in [0, 0.1) is 11.7 Å². The van der Waals surface area contributed by atoms with Gasteiger partial charge in [-0.05, 0) is 24.8 Å². The number of likely N-dealkylation sites (tertiary alicyclic amines) is 1. The summed E-state index contributed by atoms with van der Waals surface area (Å²) in [5.74, 6) is -0.165. The summed E-state index contributed by atoms with van der Waals surface area (Å²) in [5, 5.41) is -0.200. The highest BCUT2D eigenvalue weighted by atomic mass is 35.5. The van der Waals surface area contributed by atoms with Crippen LogP contribution in [-0.4, -0.2) is 28.9 Å². The van der Waals surface area contributed by atoms with E-state index in [0.29, 0.717) is 5.92 Å². The molecule has 2 heterocycles. The molecule has 0 aliphatic carbocycles. The van der Waals surface area contributed by atoms with Crippen LogP contribution in [0.15, 0.2) is 12.3 Å². The Bertz CT molecular complexity index is 431. The van der Waals surface area contributed by atoms with Gasteiger partial charge in [0.1, 0.15) is 0 Å². The zero-order valence-corrected chi connectivity index (χ0v) is 10.4. The molecule has 92 valence electrons. The Balaban J connectivity index is 2.11. The Kier molecular flexibility index (Phi) is 3.62. The first-order chi connectivity index (χ1) is 8.08. The van der Waals surface area contributed by atoms with Crippen LogP contribution in [0.5, 0.6) is 0 Å². The van der Waals surface area contributed by atoms with E-state index in [1.54, 1.807) is 4.90 Å². The van der Waals surface area contributed by atoms with Gasteiger partial charge in [0.05, 0.1) is 5.56 Å². The molecular weight excluding hydrogens is 243 g/mol. The van der Waals surface area contributed by atoms with E-state index >= 15 is 0 Å². The van der Waals surface area contributed by atoms with Crippen molar-refractivity contribution in [2.24, 2.45) is 5.92 Å². The number of carbonyl (C=O) groups is 1. The first kappa shape index (κ1) is 12.3. The highest BCUT2D eigenvalue weighted by Gasteiger charge is 2.22. The van der Waals surface area contributed by atoms with Crippen LogP contribution in [0.25, 0.3) is 0 Å². The molecule has 0 radical (unpaired) electrons. The summed E-state index contributed by atoms with van der Waals surface area (Å²) in [5.41, 5.74) is 0.265. The molecule has 0 spiro atoms. The molecular formula is C12H14ClFN2O. The Labute approximate surface area is 105 Å². The SMILES string of the molecule is CC1CCN(C(=O)c2cnc(Cl)c(F)c2)CC1.